The molecule has 1 N–H and O–H groups in total. The van der Waals surface area contributed by atoms with Gasteiger partial charge in [-0.1, -0.05) is 17.7 Å². The maximum absolute atomic E-state index is 12.3. The second-order valence-corrected chi connectivity index (χ2v) is 7.56. The van der Waals surface area contributed by atoms with Gasteiger partial charge in [-0.25, -0.2) is 4.98 Å². The van der Waals surface area contributed by atoms with E-state index < -0.39 is 0 Å². The zero-order valence-electron chi connectivity index (χ0n) is 16.5. The first kappa shape index (κ1) is 19.9. The standard InChI is InChI=1S/C22H24N2O3S/c1-14-6-5-7-16(12-14)21(25)23-11-10-20-15(2)24-22(28-20)17-8-9-18(26-3)19(13-17)27-4/h5-9,12-13H,10-11H2,1-4H3,(H,23,25). The van der Waals surface area contributed by atoms with Gasteiger partial charge >= 0.3 is 0 Å². The number of rotatable bonds is 7. The highest BCUT2D eigenvalue weighted by molar-refractivity contribution is 7.15. The van der Waals surface area contributed by atoms with Gasteiger partial charge in [-0.05, 0) is 44.2 Å². The number of aryl methyl sites for hydroxylation is 2. The molecule has 0 saturated carbocycles. The van der Waals surface area contributed by atoms with E-state index in [-0.39, 0.29) is 5.91 Å². The third-order valence-electron chi connectivity index (χ3n) is 4.44. The van der Waals surface area contributed by atoms with Crippen molar-refractivity contribution in [3.05, 3.63) is 64.2 Å². The van der Waals surface area contributed by atoms with Crippen molar-refractivity contribution in [2.24, 2.45) is 0 Å². The summed E-state index contributed by atoms with van der Waals surface area (Å²) in [5.74, 6) is 1.32. The number of hydrogen-bond donors (Lipinski definition) is 1. The van der Waals surface area contributed by atoms with Crippen molar-refractivity contribution in [3.8, 4) is 22.1 Å². The number of ether oxygens (including phenoxy) is 2. The van der Waals surface area contributed by atoms with Crippen LogP contribution in [0.3, 0.4) is 0 Å². The minimum Gasteiger partial charge on any atom is -0.493 e. The Morgan fingerprint density at radius 1 is 1.07 bits per heavy atom. The molecule has 1 aromatic heterocycles. The van der Waals surface area contributed by atoms with Crippen LogP contribution in [0.15, 0.2) is 42.5 Å². The predicted octanol–water partition coefficient (Wildman–Crippen LogP) is 4.42. The smallest absolute Gasteiger partial charge is 0.251 e. The number of aromatic nitrogens is 1. The van der Waals surface area contributed by atoms with Crippen molar-refractivity contribution < 1.29 is 14.3 Å². The monoisotopic (exact) mass is 396 g/mol. The third kappa shape index (κ3) is 4.51. The van der Waals surface area contributed by atoms with E-state index in [1.165, 1.54) is 0 Å². The Labute approximate surface area is 169 Å². The number of methoxy groups -OCH3 is 2. The Hall–Kier alpha value is -2.86. The molecule has 2 aromatic carbocycles. The number of thiazole rings is 1. The number of amides is 1. The molecule has 0 aliphatic rings. The second kappa shape index (κ2) is 8.89. The molecule has 0 spiro atoms. The summed E-state index contributed by atoms with van der Waals surface area (Å²) < 4.78 is 10.7. The summed E-state index contributed by atoms with van der Waals surface area (Å²) in [7, 11) is 3.24. The molecule has 0 atom stereocenters. The number of carbonyl (C=O) groups is 1. The van der Waals surface area contributed by atoms with Crippen LogP contribution in [0, 0.1) is 13.8 Å². The lowest BCUT2D eigenvalue weighted by atomic mass is 10.1. The predicted molar refractivity (Wildman–Crippen MR) is 113 cm³/mol. The normalized spacial score (nSPS) is 10.6. The first-order valence-corrected chi connectivity index (χ1v) is 9.87. The maximum Gasteiger partial charge on any atom is 0.251 e. The van der Waals surface area contributed by atoms with Crippen LogP contribution in [0.25, 0.3) is 10.6 Å². The second-order valence-electron chi connectivity index (χ2n) is 6.47. The fraction of sp³-hybridized carbons (Fsp3) is 0.273. The third-order valence-corrected chi connectivity index (χ3v) is 5.71. The molecule has 28 heavy (non-hydrogen) atoms. The Kier molecular flexibility index (Phi) is 6.31. The lowest BCUT2D eigenvalue weighted by Crippen LogP contribution is -2.25. The van der Waals surface area contributed by atoms with Crippen molar-refractivity contribution in [3.63, 3.8) is 0 Å². The number of hydrogen-bond acceptors (Lipinski definition) is 5. The van der Waals surface area contributed by atoms with Crippen LogP contribution < -0.4 is 14.8 Å². The van der Waals surface area contributed by atoms with E-state index in [4.69, 9.17) is 9.47 Å². The topological polar surface area (TPSA) is 60.5 Å². The Bertz CT molecular complexity index is 982. The van der Waals surface area contributed by atoms with E-state index in [0.29, 0.717) is 23.6 Å². The van der Waals surface area contributed by atoms with E-state index >= 15 is 0 Å². The molecule has 1 heterocycles. The molecule has 3 rings (SSSR count). The van der Waals surface area contributed by atoms with Gasteiger partial charge in [-0.15, -0.1) is 11.3 Å². The molecular weight excluding hydrogens is 372 g/mol. The fourth-order valence-corrected chi connectivity index (χ4v) is 3.99. The van der Waals surface area contributed by atoms with E-state index in [9.17, 15) is 4.79 Å². The van der Waals surface area contributed by atoms with Gasteiger partial charge in [0.1, 0.15) is 5.01 Å². The van der Waals surface area contributed by atoms with Gasteiger partial charge in [-0.3, -0.25) is 4.79 Å². The molecular formula is C22H24N2O3S. The maximum atomic E-state index is 12.3. The zero-order chi connectivity index (χ0) is 20.1. The highest BCUT2D eigenvalue weighted by Crippen LogP contribution is 2.35. The number of benzene rings is 2. The van der Waals surface area contributed by atoms with E-state index in [1.54, 1.807) is 25.6 Å². The number of nitrogens with one attached hydrogen (secondary N) is 1. The summed E-state index contributed by atoms with van der Waals surface area (Å²) in [5.41, 5.74) is 3.73. The van der Waals surface area contributed by atoms with E-state index in [2.05, 4.69) is 10.3 Å². The summed E-state index contributed by atoms with van der Waals surface area (Å²) >= 11 is 1.64. The minimum absolute atomic E-state index is 0.0500. The Morgan fingerprint density at radius 2 is 1.86 bits per heavy atom. The minimum atomic E-state index is -0.0500. The van der Waals surface area contributed by atoms with Gasteiger partial charge in [0.25, 0.3) is 5.91 Å². The molecule has 0 fully saturated rings. The highest BCUT2D eigenvalue weighted by Gasteiger charge is 2.13. The van der Waals surface area contributed by atoms with Crippen molar-refractivity contribution >= 4 is 17.2 Å². The molecule has 0 unspecified atom stereocenters. The van der Waals surface area contributed by atoms with Gasteiger partial charge in [0.2, 0.25) is 0 Å². The van der Waals surface area contributed by atoms with Gasteiger partial charge in [-0.2, -0.15) is 0 Å². The molecule has 0 radical (unpaired) electrons. The molecule has 3 aromatic rings. The molecule has 6 heteroatoms. The molecule has 146 valence electrons. The summed E-state index contributed by atoms with van der Waals surface area (Å²) in [5, 5.41) is 3.92. The fourth-order valence-electron chi connectivity index (χ4n) is 2.93. The summed E-state index contributed by atoms with van der Waals surface area (Å²) in [6.07, 6.45) is 0.744. The highest BCUT2D eigenvalue weighted by atomic mass is 32.1. The molecule has 5 nitrogen and oxygen atoms in total. The van der Waals surface area contributed by atoms with Gasteiger partial charge < -0.3 is 14.8 Å². The van der Waals surface area contributed by atoms with Gasteiger partial charge in [0.05, 0.1) is 19.9 Å². The van der Waals surface area contributed by atoms with Crippen molar-refractivity contribution in [1.29, 1.82) is 0 Å². The van der Waals surface area contributed by atoms with E-state index in [1.807, 2.05) is 56.3 Å². The molecule has 0 aliphatic heterocycles. The number of carbonyl (C=O) groups excluding carboxylic acids is 1. The van der Waals surface area contributed by atoms with Crippen molar-refractivity contribution in [2.45, 2.75) is 20.3 Å². The van der Waals surface area contributed by atoms with Crippen LogP contribution in [-0.2, 0) is 6.42 Å². The molecule has 0 saturated heterocycles. The van der Waals surface area contributed by atoms with Crippen molar-refractivity contribution in [1.82, 2.24) is 10.3 Å². The Morgan fingerprint density at radius 3 is 2.57 bits per heavy atom. The number of nitrogens with zero attached hydrogens (tertiary/aromatic N) is 1. The first-order valence-electron chi connectivity index (χ1n) is 9.05. The molecule has 1 amide bonds. The molecule has 0 aliphatic carbocycles. The average Bonchev–Trinajstić information content (AvgIpc) is 3.08. The van der Waals surface area contributed by atoms with Crippen LogP contribution >= 0.6 is 11.3 Å². The van der Waals surface area contributed by atoms with Crippen molar-refractivity contribution in [2.75, 3.05) is 20.8 Å². The summed E-state index contributed by atoms with van der Waals surface area (Å²) in [6, 6.07) is 13.4. The van der Waals surface area contributed by atoms with Gasteiger partial charge in [0.15, 0.2) is 11.5 Å². The molecule has 0 bridgehead atoms. The zero-order valence-corrected chi connectivity index (χ0v) is 17.4. The lowest BCUT2D eigenvalue weighted by Gasteiger charge is -2.08. The van der Waals surface area contributed by atoms with Crippen LogP contribution in [0.2, 0.25) is 0 Å². The summed E-state index contributed by atoms with van der Waals surface area (Å²) in [6.45, 7) is 4.55. The van der Waals surface area contributed by atoms with Gasteiger partial charge in [0, 0.05) is 29.0 Å². The quantitative estimate of drug-likeness (QED) is 0.642. The average molecular weight is 397 g/mol. The SMILES string of the molecule is COc1ccc(-c2nc(C)c(CCNC(=O)c3cccc(C)c3)s2)cc1OC. The van der Waals surface area contributed by atoms with Crippen LogP contribution in [0.1, 0.15) is 26.5 Å². The first-order chi connectivity index (χ1) is 13.5. The van der Waals surface area contributed by atoms with Crippen LogP contribution in [0.5, 0.6) is 11.5 Å². The summed E-state index contributed by atoms with van der Waals surface area (Å²) in [4.78, 5) is 18.1. The largest absolute Gasteiger partial charge is 0.493 e. The van der Waals surface area contributed by atoms with E-state index in [0.717, 1.165) is 33.1 Å². The Balaban J connectivity index is 1.67. The van der Waals surface area contributed by atoms with Crippen LogP contribution in [-0.4, -0.2) is 31.7 Å². The van der Waals surface area contributed by atoms with Crippen LogP contribution in [0.4, 0.5) is 0 Å². The lowest BCUT2D eigenvalue weighted by molar-refractivity contribution is 0.0954.